The Morgan fingerprint density at radius 2 is 2.42 bits per heavy atom. The molecule has 0 saturated heterocycles. The van der Waals surface area contributed by atoms with Crippen molar-refractivity contribution >= 4 is 15.2 Å². The van der Waals surface area contributed by atoms with Gasteiger partial charge in [-0.3, -0.25) is 4.99 Å². The summed E-state index contributed by atoms with van der Waals surface area (Å²) in [5, 5.41) is 0. The third kappa shape index (κ3) is 9.50. The Labute approximate surface area is 75.1 Å². The summed E-state index contributed by atoms with van der Waals surface area (Å²) < 4.78 is 9.78. The molecule has 0 heterocycles. The molecule has 0 amide bonds. The van der Waals surface area contributed by atoms with Crippen molar-refractivity contribution in [1.29, 1.82) is 0 Å². The van der Waals surface area contributed by atoms with E-state index in [-0.39, 0.29) is 9.03 Å². The van der Waals surface area contributed by atoms with Crippen LogP contribution in [0.2, 0.25) is 0 Å². The van der Waals surface area contributed by atoms with Gasteiger partial charge >= 0.3 is 0 Å². The molecule has 4 heteroatoms. The zero-order valence-corrected chi connectivity index (χ0v) is 8.19. The highest BCUT2D eigenvalue weighted by Crippen LogP contribution is 2.10. The molecule has 0 N–H and O–H groups in total. The molecular weight excluding hydrogens is 173 g/mol. The molecule has 1 atom stereocenters. The highest BCUT2D eigenvalue weighted by atomic mass is 31.1. The molecule has 12 heavy (non-hydrogen) atoms. The molecule has 0 aromatic carbocycles. The van der Waals surface area contributed by atoms with Crippen molar-refractivity contribution in [2.24, 2.45) is 4.99 Å². The molecule has 0 bridgehead atoms. The van der Waals surface area contributed by atoms with Crippen LogP contribution in [0.3, 0.4) is 0 Å². The summed E-state index contributed by atoms with van der Waals surface area (Å²) in [6.45, 7) is 4.17. The second kappa shape index (κ2) is 10.5. The van der Waals surface area contributed by atoms with E-state index in [1.807, 2.05) is 0 Å². The highest BCUT2D eigenvalue weighted by Gasteiger charge is 1.82. The summed E-state index contributed by atoms with van der Waals surface area (Å²) in [7, 11) is 1.74. The standard InChI is InChI=1S/C8H14NO2P/c1-3-4-6-9-7-5-8-11-12-10-2/h3-4,6-7,12H,1,5,8H2,2H3/b6-4-,9-7-. The van der Waals surface area contributed by atoms with Crippen LogP contribution >= 0.6 is 9.03 Å². The molecule has 1 unspecified atom stereocenters. The second-order valence-electron chi connectivity index (χ2n) is 1.83. The van der Waals surface area contributed by atoms with Crippen LogP contribution in [-0.2, 0) is 9.05 Å². The van der Waals surface area contributed by atoms with Gasteiger partial charge in [-0.25, -0.2) is 0 Å². The van der Waals surface area contributed by atoms with Crippen molar-refractivity contribution in [1.82, 2.24) is 0 Å². The van der Waals surface area contributed by atoms with Crippen molar-refractivity contribution in [2.75, 3.05) is 13.7 Å². The minimum Gasteiger partial charge on any atom is -0.340 e. The third-order valence-corrected chi connectivity index (χ3v) is 1.39. The van der Waals surface area contributed by atoms with E-state index in [1.165, 1.54) is 0 Å². The van der Waals surface area contributed by atoms with Crippen LogP contribution in [0.15, 0.2) is 29.9 Å². The van der Waals surface area contributed by atoms with Crippen molar-refractivity contribution in [3.63, 3.8) is 0 Å². The van der Waals surface area contributed by atoms with Crippen LogP contribution < -0.4 is 0 Å². The summed E-state index contributed by atoms with van der Waals surface area (Å²) in [5.41, 5.74) is 0. The first kappa shape index (κ1) is 11.5. The first-order chi connectivity index (χ1) is 5.91. The Hall–Kier alpha value is -0.500. The summed E-state index contributed by atoms with van der Waals surface area (Å²) in [6, 6.07) is 0. The second-order valence-corrected chi connectivity index (χ2v) is 2.70. The van der Waals surface area contributed by atoms with E-state index in [0.29, 0.717) is 6.61 Å². The predicted octanol–water partition coefficient (Wildman–Crippen LogP) is 2.32. The molecule has 0 radical (unpaired) electrons. The van der Waals surface area contributed by atoms with E-state index in [9.17, 15) is 0 Å². The summed E-state index contributed by atoms with van der Waals surface area (Å²) in [4.78, 5) is 3.96. The van der Waals surface area contributed by atoms with Crippen LogP contribution in [-0.4, -0.2) is 19.9 Å². The smallest absolute Gasteiger partial charge is 0.154 e. The fourth-order valence-electron chi connectivity index (χ4n) is 0.458. The maximum atomic E-state index is 5.06. The topological polar surface area (TPSA) is 30.8 Å². The molecule has 0 aliphatic rings. The number of hydrogen-bond donors (Lipinski definition) is 0. The van der Waals surface area contributed by atoms with Crippen LogP contribution in [0.25, 0.3) is 0 Å². The van der Waals surface area contributed by atoms with Gasteiger partial charge in [0.05, 0.1) is 6.61 Å². The van der Waals surface area contributed by atoms with Gasteiger partial charge in [0.2, 0.25) is 0 Å². The van der Waals surface area contributed by atoms with Gasteiger partial charge in [0.1, 0.15) is 0 Å². The van der Waals surface area contributed by atoms with Crippen molar-refractivity contribution in [3.8, 4) is 0 Å². The average Bonchev–Trinajstić information content (AvgIpc) is 2.10. The van der Waals surface area contributed by atoms with Gasteiger partial charge in [0.15, 0.2) is 9.03 Å². The molecule has 0 aliphatic heterocycles. The maximum Gasteiger partial charge on any atom is 0.154 e. The van der Waals surface area contributed by atoms with Crippen molar-refractivity contribution in [2.45, 2.75) is 6.42 Å². The number of hydrogen-bond acceptors (Lipinski definition) is 3. The number of aliphatic imine (C=N–C) groups is 1. The fraction of sp³-hybridized carbons (Fsp3) is 0.375. The highest BCUT2D eigenvalue weighted by molar-refractivity contribution is 7.26. The molecular formula is C8H14NO2P. The van der Waals surface area contributed by atoms with Crippen LogP contribution in [0.5, 0.6) is 0 Å². The Morgan fingerprint density at radius 3 is 3.08 bits per heavy atom. The van der Waals surface area contributed by atoms with E-state index in [2.05, 4.69) is 11.6 Å². The average molecular weight is 187 g/mol. The zero-order chi connectivity index (χ0) is 9.07. The van der Waals surface area contributed by atoms with Gasteiger partial charge in [-0.1, -0.05) is 12.7 Å². The minimum absolute atomic E-state index is 0.131. The number of allylic oxidation sites excluding steroid dienone is 2. The first-order valence-corrected chi connectivity index (χ1v) is 4.42. The Bertz CT molecular complexity index is 157. The van der Waals surface area contributed by atoms with Gasteiger partial charge in [-0.2, -0.15) is 0 Å². The largest absolute Gasteiger partial charge is 0.340 e. The van der Waals surface area contributed by atoms with Gasteiger partial charge in [-0.15, -0.1) is 0 Å². The molecule has 0 rings (SSSR count). The quantitative estimate of drug-likeness (QED) is 0.265. The Kier molecular flexibility index (Phi) is 10.1. The van der Waals surface area contributed by atoms with Crippen LogP contribution in [0, 0.1) is 0 Å². The number of nitrogens with zero attached hydrogens (tertiary/aromatic N) is 1. The third-order valence-electron chi connectivity index (χ3n) is 0.905. The van der Waals surface area contributed by atoms with Gasteiger partial charge in [0.25, 0.3) is 0 Å². The van der Waals surface area contributed by atoms with Crippen molar-refractivity contribution < 1.29 is 9.05 Å². The molecule has 0 saturated carbocycles. The molecule has 68 valence electrons. The lowest BCUT2D eigenvalue weighted by molar-refractivity contribution is 0.311. The Balaban J connectivity index is 3.13. The van der Waals surface area contributed by atoms with Crippen LogP contribution in [0.1, 0.15) is 6.42 Å². The van der Waals surface area contributed by atoms with E-state index < -0.39 is 0 Å². The Morgan fingerprint density at radius 1 is 1.58 bits per heavy atom. The molecule has 0 fully saturated rings. The van der Waals surface area contributed by atoms with E-state index in [1.54, 1.807) is 31.7 Å². The lowest BCUT2D eigenvalue weighted by Crippen LogP contribution is -1.85. The lowest BCUT2D eigenvalue weighted by Gasteiger charge is -1.96. The van der Waals surface area contributed by atoms with Gasteiger partial charge < -0.3 is 9.05 Å². The van der Waals surface area contributed by atoms with E-state index >= 15 is 0 Å². The van der Waals surface area contributed by atoms with Gasteiger partial charge in [-0.05, 0) is 6.08 Å². The van der Waals surface area contributed by atoms with Gasteiger partial charge in [0, 0.05) is 25.9 Å². The summed E-state index contributed by atoms with van der Waals surface area (Å²) in [5.74, 6) is 0. The molecule has 0 spiro atoms. The van der Waals surface area contributed by atoms with E-state index in [0.717, 1.165) is 6.42 Å². The molecule has 3 nitrogen and oxygen atoms in total. The lowest BCUT2D eigenvalue weighted by atomic mass is 10.5. The predicted molar refractivity (Wildman–Crippen MR) is 53.7 cm³/mol. The monoisotopic (exact) mass is 187 g/mol. The zero-order valence-electron chi connectivity index (χ0n) is 7.19. The normalized spacial score (nSPS) is 12.4. The molecule has 0 aromatic rings. The SMILES string of the molecule is C=C/C=C\N=C/CCOPOC. The summed E-state index contributed by atoms with van der Waals surface area (Å²) >= 11 is 0. The van der Waals surface area contributed by atoms with Crippen LogP contribution in [0.4, 0.5) is 0 Å². The van der Waals surface area contributed by atoms with Crippen molar-refractivity contribution in [3.05, 3.63) is 24.9 Å². The van der Waals surface area contributed by atoms with E-state index in [4.69, 9.17) is 9.05 Å². The first-order valence-electron chi connectivity index (χ1n) is 3.60. The maximum absolute atomic E-state index is 5.06. The minimum atomic E-state index is 0.131. The summed E-state index contributed by atoms with van der Waals surface area (Å²) in [6.07, 6.45) is 7.73. The number of rotatable bonds is 7. The molecule has 0 aliphatic carbocycles. The molecule has 0 aromatic heterocycles. The fourth-order valence-corrected chi connectivity index (χ4v) is 0.777.